The molecule has 0 rings (SSSR count). The van der Waals surface area contributed by atoms with Gasteiger partial charge < -0.3 is 5.73 Å². The normalized spacial score (nSPS) is 11.7. The highest BCUT2D eigenvalue weighted by atomic mass is 32.1. The third kappa shape index (κ3) is 2.16. The third-order valence-electron chi connectivity index (χ3n) is 1.11. The van der Waals surface area contributed by atoms with Crippen molar-refractivity contribution in [1.82, 2.24) is 0 Å². The van der Waals surface area contributed by atoms with Gasteiger partial charge in [-0.15, -0.1) is 0 Å². The van der Waals surface area contributed by atoms with Crippen LogP contribution in [0.25, 0.3) is 0 Å². The van der Waals surface area contributed by atoms with E-state index in [4.69, 9.17) is 23.2 Å². The molecule has 0 fully saturated rings. The Balaban J connectivity index is 4.59. The molecule has 0 unspecified atom stereocenters. The minimum absolute atomic E-state index is 0.456. The largest absolute Gasteiger partial charge is 0.401 e. The average molecular weight is 154 g/mol. The maximum atomic E-state index is 8.52. The summed E-state index contributed by atoms with van der Waals surface area (Å²) in [7, 11) is 0. The number of nitriles is 1. The molecule has 10 heavy (non-hydrogen) atoms. The Hall–Kier alpha value is -0.880. The molecule has 0 spiro atoms. The van der Waals surface area contributed by atoms with Crippen LogP contribution in [0.4, 0.5) is 0 Å². The van der Waals surface area contributed by atoms with Crippen LogP contribution in [-0.2, 0) is 0 Å². The van der Waals surface area contributed by atoms with Crippen molar-refractivity contribution in [1.29, 1.82) is 5.26 Å². The molecule has 2 N–H and O–H groups in total. The average Bonchev–Trinajstić information content (AvgIpc) is 1.88. The summed E-state index contributed by atoms with van der Waals surface area (Å²) in [5.41, 5.74) is 6.36. The highest BCUT2D eigenvalue weighted by Gasteiger charge is 2.02. The summed E-state index contributed by atoms with van der Waals surface area (Å²) in [6.07, 6.45) is 0.701. The lowest BCUT2D eigenvalue weighted by Gasteiger charge is -1.98. The second-order valence-electron chi connectivity index (χ2n) is 1.95. The number of rotatable bonds is 2. The predicted molar refractivity (Wildman–Crippen MR) is 45.4 cm³/mol. The van der Waals surface area contributed by atoms with Gasteiger partial charge in [0, 0.05) is 10.6 Å². The molecule has 0 aromatic rings. The Labute approximate surface area is 66.3 Å². The Bertz CT molecular complexity index is 206. The molecule has 0 heterocycles. The molecule has 2 nitrogen and oxygen atoms in total. The lowest BCUT2D eigenvalue weighted by molar-refractivity contribution is 1.25. The first-order valence-electron chi connectivity index (χ1n) is 3.03. The smallest absolute Gasteiger partial charge is 0.102 e. The second-order valence-corrected chi connectivity index (χ2v) is 2.44. The minimum Gasteiger partial charge on any atom is -0.401 e. The van der Waals surface area contributed by atoms with Crippen molar-refractivity contribution in [3.8, 4) is 6.07 Å². The van der Waals surface area contributed by atoms with Crippen LogP contribution in [0.1, 0.15) is 20.3 Å². The molecule has 54 valence electrons. The summed E-state index contributed by atoms with van der Waals surface area (Å²) >= 11 is 4.89. The predicted octanol–water partition coefficient (Wildman–Crippen LogP) is 1.52. The van der Waals surface area contributed by atoms with Gasteiger partial charge in [0.15, 0.2) is 0 Å². The van der Waals surface area contributed by atoms with Crippen molar-refractivity contribution in [3.05, 3.63) is 11.3 Å². The third-order valence-corrected chi connectivity index (χ3v) is 1.60. The number of hydrogen-bond donors (Lipinski definition) is 1. The molecule has 0 aromatic heterocycles. The molecule has 0 amide bonds. The number of allylic oxidation sites excluding steroid dienone is 2. The highest BCUT2D eigenvalue weighted by Crippen LogP contribution is 2.03. The van der Waals surface area contributed by atoms with Gasteiger partial charge in [0.05, 0.1) is 5.57 Å². The van der Waals surface area contributed by atoms with Crippen LogP contribution in [0.2, 0.25) is 0 Å². The molecule has 0 atom stereocenters. The van der Waals surface area contributed by atoms with E-state index in [0.717, 1.165) is 0 Å². The zero-order chi connectivity index (χ0) is 8.15. The number of thiocarbonyl (C=S) groups is 1. The number of nitrogens with zero attached hydrogens (tertiary/aromatic N) is 1. The molecule has 0 radical (unpaired) electrons. The van der Waals surface area contributed by atoms with Crippen LogP contribution < -0.4 is 5.73 Å². The zero-order valence-corrected chi connectivity index (χ0v) is 6.96. The molecule has 3 heteroatoms. The maximum Gasteiger partial charge on any atom is 0.102 e. The van der Waals surface area contributed by atoms with Crippen LogP contribution in [0.15, 0.2) is 11.3 Å². The van der Waals surface area contributed by atoms with Crippen molar-refractivity contribution in [3.63, 3.8) is 0 Å². The van der Waals surface area contributed by atoms with Crippen molar-refractivity contribution in [2.75, 3.05) is 0 Å². The van der Waals surface area contributed by atoms with E-state index in [1.54, 1.807) is 6.92 Å². The van der Waals surface area contributed by atoms with Crippen LogP contribution in [-0.4, -0.2) is 4.86 Å². The second kappa shape index (κ2) is 4.02. The fourth-order valence-electron chi connectivity index (χ4n) is 0.547. The van der Waals surface area contributed by atoms with Crippen molar-refractivity contribution in [2.24, 2.45) is 5.73 Å². The van der Waals surface area contributed by atoms with Gasteiger partial charge in [-0.05, 0) is 13.3 Å². The fourth-order valence-corrected chi connectivity index (χ4v) is 0.754. The summed E-state index contributed by atoms with van der Waals surface area (Å²) in [5.74, 6) is 0. The van der Waals surface area contributed by atoms with E-state index in [-0.39, 0.29) is 0 Å². The molecule has 0 aromatic carbocycles. The summed E-state index contributed by atoms with van der Waals surface area (Å²) in [6.45, 7) is 3.59. The van der Waals surface area contributed by atoms with Crippen LogP contribution in [0.3, 0.4) is 0 Å². The Morgan fingerprint density at radius 2 is 2.20 bits per heavy atom. The van der Waals surface area contributed by atoms with E-state index in [2.05, 4.69) is 0 Å². The molecule has 0 saturated carbocycles. The summed E-state index contributed by atoms with van der Waals surface area (Å²) in [4.78, 5) is 0.641. The van der Waals surface area contributed by atoms with Gasteiger partial charge in [0.25, 0.3) is 0 Å². The van der Waals surface area contributed by atoms with Gasteiger partial charge in [-0.25, -0.2) is 0 Å². The Kier molecular flexibility index (Phi) is 3.67. The highest BCUT2D eigenvalue weighted by molar-refractivity contribution is 7.80. The molecule has 0 bridgehead atoms. The molecular weight excluding hydrogens is 144 g/mol. The van der Waals surface area contributed by atoms with Gasteiger partial charge in [-0.2, -0.15) is 5.26 Å². The molecule has 0 saturated heterocycles. The lowest BCUT2D eigenvalue weighted by Crippen LogP contribution is -2.04. The van der Waals surface area contributed by atoms with Gasteiger partial charge in [-0.3, -0.25) is 0 Å². The fraction of sp³-hybridized carbons (Fsp3) is 0.429. The zero-order valence-electron chi connectivity index (χ0n) is 6.14. The Morgan fingerprint density at radius 1 is 1.70 bits per heavy atom. The van der Waals surface area contributed by atoms with E-state index >= 15 is 0 Å². The minimum atomic E-state index is 0.456. The van der Waals surface area contributed by atoms with Crippen molar-refractivity contribution >= 4 is 17.1 Å². The number of nitrogens with two attached hydrogens (primary N) is 1. The van der Waals surface area contributed by atoms with Crippen molar-refractivity contribution in [2.45, 2.75) is 20.3 Å². The Morgan fingerprint density at radius 3 is 2.30 bits per heavy atom. The van der Waals surface area contributed by atoms with Crippen LogP contribution in [0, 0.1) is 11.3 Å². The monoisotopic (exact) mass is 154 g/mol. The SMILES string of the molecule is CCC(=S)/C(C#N)=C(/C)N. The standard InChI is InChI=1S/C7H10N2S/c1-3-7(10)6(4-8)5(2)9/h3,9H2,1-2H3/b6-5-. The summed E-state index contributed by atoms with van der Waals surface area (Å²) < 4.78 is 0. The van der Waals surface area contributed by atoms with E-state index in [9.17, 15) is 0 Å². The van der Waals surface area contributed by atoms with Crippen LogP contribution in [0.5, 0.6) is 0 Å². The van der Waals surface area contributed by atoms with E-state index < -0.39 is 0 Å². The quantitative estimate of drug-likeness (QED) is 0.373. The first-order valence-corrected chi connectivity index (χ1v) is 3.44. The maximum absolute atomic E-state index is 8.52. The summed E-state index contributed by atoms with van der Waals surface area (Å²) in [6, 6.07) is 1.97. The number of hydrogen-bond acceptors (Lipinski definition) is 3. The van der Waals surface area contributed by atoms with Gasteiger partial charge >= 0.3 is 0 Å². The van der Waals surface area contributed by atoms with E-state index in [1.807, 2.05) is 13.0 Å². The van der Waals surface area contributed by atoms with Crippen LogP contribution >= 0.6 is 12.2 Å². The van der Waals surface area contributed by atoms with Gasteiger partial charge in [0.1, 0.15) is 6.07 Å². The lowest BCUT2D eigenvalue weighted by atomic mass is 10.1. The first kappa shape index (κ1) is 9.12. The molecule has 0 aliphatic carbocycles. The molecule has 0 aliphatic rings. The van der Waals surface area contributed by atoms with E-state index in [1.165, 1.54) is 0 Å². The first-order chi connectivity index (χ1) is 4.63. The molecule has 0 aliphatic heterocycles. The topological polar surface area (TPSA) is 49.8 Å². The van der Waals surface area contributed by atoms with Crippen molar-refractivity contribution < 1.29 is 0 Å². The van der Waals surface area contributed by atoms with Gasteiger partial charge in [0.2, 0.25) is 0 Å². The summed E-state index contributed by atoms with van der Waals surface area (Å²) in [5, 5.41) is 8.52. The van der Waals surface area contributed by atoms with Gasteiger partial charge in [-0.1, -0.05) is 19.1 Å². The van der Waals surface area contributed by atoms with E-state index in [0.29, 0.717) is 22.6 Å². The molecular formula is C7H10N2S.